The first kappa shape index (κ1) is 15.3. The first-order valence-electron chi connectivity index (χ1n) is 4.71. The van der Waals surface area contributed by atoms with Gasteiger partial charge in [-0.15, -0.1) is 0 Å². The predicted molar refractivity (Wildman–Crippen MR) is 57.4 cm³/mol. The molecule has 7 heteroatoms. The second-order valence-electron chi connectivity index (χ2n) is 4.35. The summed E-state index contributed by atoms with van der Waals surface area (Å²) in [5.41, 5.74) is 0.293. The van der Waals surface area contributed by atoms with Gasteiger partial charge in [-0.3, -0.25) is 0 Å². The van der Waals surface area contributed by atoms with E-state index in [0.717, 1.165) is 0 Å². The summed E-state index contributed by atoms with van der Waals surface area (Å²) in [7, 11) is -1.07. The van der Waals surface area contributed by atoms with Gasteiger partial charge in [-0.05, 0) is 6.92 Å². The molecule has 0 rings (SSSR count). The van der Waals surface area contributed by atoms with E-state index in [2.05, 4.69) is 6.58 Å². The summed E-state index contributed by atoms with van der Waals surface area (Å²) in [5.74, 6) is -0.505. The normalized spacial score (nSPS) is 15.3. The molecule has 1 unspecified atom stereocenters. The standard InChI is InChI=1S/C9H18NO5P/c1-8(2)9(11)15-6-5-10(3,4)7-16(12,13)14/h1,5-7H2,2-4H3,(H-,12,13,14). The van der Waals surface area contributed by atoms with Crippen LogP contribution in [0.25, 0.3) is 0 Å². The molecule has 0 saturated heterocycles. The van der Waals surface area contributed by atoms with Crippen molar-refractivity contribution in [1.82, 2.24) is 0 Å². The number of rotatable bonds is 6. The highest BCUT2D eigenvalue weighted by Crippen LogP contribution is 2.31. The van der Waals surface area contributed by atoms with E-state index >= 15 is 0 Å². The van der Waals surface area contributed by atoms with Crippen molar-refractivity contribution in [2.24, 2.45) is 0 Å². The molecule has 0 aliphatic carbocycles. The zero-order valence-electron chi connectivity index (χ0n) is 9.80. The lowest BCUT2D eigenvalue weighted by Crippen LogP contribution is -2.44. The van der Waals surface area contributed by atoms with Crippen LogP contribution in [0.4, 0.5) is 0 Å². The van der Waals surface area contributed by atoms with E-state index in [1.165, 1.54) is 6.92 Å². The fourth-order valence-electron chi connectivity index (χ4n) is 1.06. The van der Waals surface area contributed by atoms with E-state index in [1.54, 1.807) is 14.1 Å². The summed E-state index contributed by atoms with van der Waals surface area (Å²) in [6, 6.07) is 0. The topological polar surface area (TPSA) is 86.7 Å². The van der Waals surface area contributed by atoms with Crippen molar-refractivity contribution < 1.29 is 28.4 Å². The first-order valence-corrected chi connectivity index (χ1v) is 6.47. The summed E-state index contributed by atoms with van der Waals surface area (Å²) in [5, 5.41) is 0. The van der Waals surface area contributed by atoms with Crippen LogP contribution in [0.5, 0.6) is 0 Å². The molecule has 0 spiro atoms. The van der Waals surface area contributed by atoms with Crippen LogP contribution >= 0.6 is 7.60 Å². The number of nitrogens with zero attached hydrogens (tertiary/aromatic N) is 1. The maximum atomic E-state index is 11.0. The van der Waals surface area contributed by atoms with Crippen molar-refractivity contribution in [3.8, 4) is 0 Å². The van der Waals surface area contributed by atoms with Gasteiger partial charge >= 0.3 is 5.97 Å². The Morgan fingerprint density at radius 2 is 2.06 bits per heavy atom. The average Bonchev–Trinajstić information content (AvgIpc) is 1.98. The maximum Gasteiger partial charge on any atom is 0.333 e. The molecule has 1 atom stereocenters. The Kier molecular flexibility index (Phi) is 5.35. The van der Waals surface area contributed by atoms with Gasteiger partial charge in [0.15, 0.2) is 7.60 Å². The fraction of sp³-hybridized carbons (Fsp3) is 0.667. The first-order chi connectivity index (χ1) is 7.03. The Morgan fingerprint density at radius 1 is 1.56 bits per heavy atom. The molecule has 94 valence electrons. The quantitative estimate of drug-likeness (QED) is 0.303. The van der Waals surface area contributed by atoms with Gasteiger partial charge in [-0.25, -0.2) is 4.79 Å². The molecule has 0 aromatic heterocycles. The minimum atomic E-state index is -4.31. The Morgan fingerprint density at radius 3 is 2.44 bits per heavy atom. The van der Waals surface area contributed by atoms with Crippen LogP contribution in [0.1, 0.15) is 6.92 Å². The van der Waals surface area contributed by atoms with E-state index in [0.29, 0.717) is 12.1 Å². The number of hydrogen-bond donors (Lipinski definition) is 1. The highest BCUT2D eigenvalue weighted by atomic mass is 31.2. The Labute approximate surface area is 95.3 Å². The van der Waals surface area contributed by atoms with Gasteiger partial charge in [0, 0.05) is 5.57 Å². The van der Waals surface area contributed by atoms with Crippen LogP contribution in [0.15, 0.2) is 12.2 Å². The number of carbonyl (C=O) groups is 1. The van der Waals surface area contributed by atoms with Crippen LogP contribution in [0.2, 0.25) is 0 Å². The highest BCUT2D eigenvalue weighted by molar-refractivity contribution is 7.50. The van der Waals surface area contributed by atoms with E-state index < -0.39 is 19.9 Å². The van der Waals surface area contributed by atoms with Gasteiger partial charge in [-0.2, -0.15) is 0 Å². The smallest absolute Gasteiger partial charge is 0.333 e. The van der Waals surface area contributed by atoms with Crippen LogP contribution in [-0.4, -0.2) is 48.9 Å². The van der Waals surface area contributed by atoms with Gasteiger partial charge in [0.2, 0.25) is 0 Å². The summed E-state index contributed by atoms with van der Waals surface area (Å²) >= 11 is 0. The number of hydrogen-bond acceptors (Lipinski definition) is 4. The van der Waals surface area contributed by atoms with Crippen LogP contribution in [-0.2, 0) is 14.1 Å². The van der Waals surface area contributed by atoms with Crippen LogP contribution in [0.3, 0.4) is 0 Å². The Balaban J connectivity index is 4.06. The third-order valence-electron chi connectivity index (χ3n) is 1.84. The van der Waals surface area contributed by atoms with Gasteiger partial charge in [0.1, 0.15) is 19.4 Å². The third kappa shape index (κ3) is 7.59. The van der Waals surface area contributed by atoms with Crippen molar-refractivity contribution in [3.05, 3.63) is 12.2 Å². The predicted octanol–water partition coefficient (Wildman–Crippen LogP) is -0.315. The molecule has 0 amide bonds. The molecule has 0 saturated carbocycles. The van der Waals surface area contributed by atoms with Crippen molar-refractivity contribution >= 4 is 13.6 Å². The second-order valence-corrected chi connectivity index (χ2v) is 5.91. The minimum Gasteiger partial charge on any atom is -0.775 e. The average molecular weight is 251 g/mol. The lowest BCUT2D eigenvalue weighted by Gasteiger charge is -2.33. The number of likely N-dealkylation sites (N-methyl/N-ethyl adjacent to an activating group) is 1. The van der Waals surface area contributed by atoms with E-state index in [1.807, 2.05) is 0 Å². The SMILES string of the molecule is C=C(C)C(=O)OCC[N+](C)(C)CP(=O)([O-])O. The van der Waals surface area contributed by atoms with Crippen molar-refractivity contribution in [2.45, 2.75) is 6.92 Å². The number of quaternary nitrogens is 1. The summed E-state index contributed by atoms with van der Waals surface area (Å²) in [6.07, 6.45) is -0.391. The Bertz CT molecular complexity index is 320. The summed E-state index contributed by atoms with van der Waals surface area (Å²) in [6.45, 7) is 5.32. The lowest BCUT2D eigenvalue weighted by molar-refractivity contribution is -0.880. The number of ether oxygens (including phenoxy) is 1. The molecule has 0 aromatic carbocycles. The zero-order chi connectivity index (χ0) is 13.0. The lowest BCUT2D eigenvalue weighted by atomic mass is 10.4. The molecule has 1 N–H and O–H groups in total. The minimum absolute atomic E-state index is 0.0285. The molecule has 0 aliphatic rings. The molecular weight excluding hydrogens is 233 g/mol. The molecular formula is C9H18NO5P. The molecule has 0 bridgehead atoms. The summed E-state index contributed by atoms with van der Waals surface area (Å²) < 4.78 is 15.6. The van der Waals surface area contributed by atoms with E-state index in [-0.39, 0.29) is 11.1 Å². The molecule has 0 heterocycles. The van der Waals surface area contributed by atoms with E-state index in [4.69, 9.17) is 9.63 Å². The zero-order valence-corrected chi connectivity index (χ0v) is 10.7. The molecule has 16 heavy (non-hydrogen) atoms. The second kappa shape index (κ2) is 5.59. The fourth-order valence-corrected chi connectivity index (χ4v) is 2.17. The van der Waals surface area contributed by atoms with Gasteiger partial charge < -0.3 is 23.6 Å². The van der Waals surface area contributed by atoms with Gasteiger partial charge in [-0.1, -0.05) is 6.58 Å². The number of carbonyl (C=O) groups excluding carboxylic acids is 1. The highest BCUT2D eigenvalue weighted by Gasteiger charge is 2.21. The molecule has 0 aromatic rings. The van der Waals surface area contributed by atoms with Crippen molar-refractivity contribution in [2.75, 3.05) is 33.5 Å². The van der Waals surface area contributed by atoms with Crippen LogP contribution in [0, 0.1) is 0 Å². The number of esters is 1. The van der Waals surface area contributed by atoms with Crippen molar-refractivity contribution in [3.63, 3.8) is 0 Å². The molecule has 0 fully saturated rings. The summed E-state index contributed by atoms with van der Waals surface area (Å²) in [4.78, 5) is 30.4. The maximum absolute atomic E-state index is 11.0. The van der Waals surface area contributed by atoms with Crippen molar-refractivity contribution in [1.29, 1.82) is 0 Å². The van der Waals surface area contributed by atoms with Gasteiger partial charge in [0.05, 0.1) is 14.1 Å². The third-order valence-corrected chi connectivity index (χ3v) is 2.96. The Hall–Kier alpha value is -0.680. The largest absolute Gasteiger partial charge is 0.775 e. The molecule has 0 aliphatic heterocycles. The van der Waals surface area contributed by atoms with Crippen LogP contribution < -0.4 is 4.89 Å². The monoisotopic (exact) mass is 251 g/mol. The van der Waals surface area contributed by atoms with E-state index in [9.17, 15) is 14.3 Å². The molecule has 0 radical (unpaired) electrons. The molecule has 6 nitrogen and oxygen atoms in total. The van der Waals surface area contributed by atoms with Gasteiger partial charge in [0.25, 0.3) is 0 Å².